The number of benzene rings is 2. The molecule has 0 bridgehead atoms. The van der Waals surface area contributed by atoms with E-state index in [9.17, 15) is 0 Å². The predicted octanol–water partition coefficient (Wildman–Crippen LogP) is 6.89. The molecule has 30 heavy (non-hydrogen) atoms. The Kier molecular flexibility index (Phi) is 7.55. The van der Waals surface area contributed by atoms with E-state index in [4.69, 9.17) is 4.74 Å². The van der Waals surface area contributed by atoms with Crippen LogP contribution in [0.15, 0.2) is 67.9 Å². The topological polar surface area (TPSA) is 33.3 Å². The van der Waals surface area contributed by atoms with Gasteiger partial charge in [-0.25, -0.2) is 0 Å². The van der Waals surface area contributed by atoms with Gasteiger partial charge in [-0.3, -0.25) is 0 Å². The maximum absolute atomic E-state index is 6.14. The van der Waals surface area contributed by atoms with Gasteiger partial charge in [-0.15, -0.1) is 0 Å². The predicted molar refractivity (Wildman–Crippen MR) is 132 cm³/mol. The standard InChI is InChI=1S/C27H36N2O/c1-18(2)26-16-24(14-13-19(26)3)29-22(6)23-11-10-12-25(15-23)30-17-27(7,8)20(4)21(5)28-9/h10-16,20,28-29H,1,5-6,17H2,2-4,7-9H3. The summed E-state index contributed by atoms with van der Waals surface area (Å²) in [7, 11) is 1.91. The van der Waals surface area contributed by atoms with E-state index in [1.54, 1.807) is 0 Å². The van der Waals surface area contributed by atoms with Gasteiger partial charge in [-0.1, -0.05) is 64.3 Å². The molecule has 2 N–H and O–H groups in total. The second kappa shape index (κ2) is 9.71. The van der Waals surface area contributed by atoms with Crippen LogP contribution in [0.4, 0.5) is 5.69 Å². The Labute approximate surface area is 182 Å². The fourth-order valence-electron chi connectivity index (χ4n) is 3.26. The van der Waals surface area contributed by atoms with Crippen molar-refractivity contribution in [2.75, 3.05) is 19.0 Å². The van der Waals surface area contributed by atoms with Gasteiger partial charge in [0.2, 0.25) is 0 Å². The van der Waals surface area contributed by atoms with Crippen molar-refractivity contribution in [1.82, 2.24) is 5.32 Å². The van der Waals surface area contributed by atoms with E-state index in [2.05, 4.69) is 76.3 Å². The van der Waals surface area contributed by atoms with Crippen LogP contribution in [0.5, 0.6) is 5.75 Å². The minimum absolute atomic E-state index is 0.0494. The van der Waals surface area contributed by atoms with Crippen LogP contribution in [0.2, 0.25) is 0 Å². The molecule has 0 amide bonds. The molecule has 0 saturated heterocycles. The summed E-state index contributed by atoms with van der Waals surface area (Å²) in [4.78, 5) is 0. The first-order valence-corrected chi connectivity index (χ1v) is 10.4. The van der Waals surface area contributed by atoms with Crippen LogP contribution in [-0.2, 0) is 0 Å². The van der Waals surface area contributed by atoms with E-state index in [0.29, 0.717) is 6.61 Å². The highest BCUT2D eigenvalue weighted by atomic mass is 16.5. The van der Waals surface area contributed by atoms with Crippen LogP contribution in [0.25, 0.3) is 11.3 Å². The number of hydrogen-bond donors (Lipinski definition) is 2. The number of anilines is 1. The average Bonchev–Trinajstić information content (AvgIpc) is 2.72. The van der Waals surface area contributed by atoms with Crippen molar-refractivity contribution >= 4 is 17.0 Å². The quantitative estimate of drug-likeness (QED) is 0.452. The number of ether oxygens (including phenoxy) is 1. The third-order valence-electron chi connectivity index (χ3n) is 5.80. The summed E-state index contributed by atoms with van der Waals surface area (Å²) in [5.74, 6) is 1.11. The van der Waals surface area contributed by atoms with Gasteiger partial charge in [-0.05, 0) is 49.2 Å². The molecular formula is C27H36N2O. The van der Waals surface area contributed by atoms with E-state index in [0.717, 1.165) is 39.5 Å². The molecule has 0 fully saturated rings. The lowest BCUT2D eigenvalue weighted by atomic mass is 9.79. The van der Waals surface area contributed by atoms with E-state index in [-0.39, 0.29) is 11.3 Å². The van der Waals surface area contributed by atoms with Gasteiger partial charge in [0.25, 0.3) is 0 Å². The minimum atomic E-state index is -0.0494. The van der Waals surface area contributed by atoms with Gasteiger partial charge in [0.15, 0.2) is 0 Å². The number of aryl methyl sites for hydroxylation is 1. The smallest absolute Gasteiger partial charge is 0.119 e. The Morgan fingerprint density at radius 1 is 1.10 bits per heavy atom. The largest absolute Gasteiger partial charge is 0.493 e. The molecule has 0 aliphatic rings. The SMILES string of the molecule is C=C(Nc1ccc(C)c(C(=C)C)c1)c1cccc(OCC(C)(C)C(C)C(=C)NC)c1. The summed E-state index contributed by atoms with van der Waals surface area (Å²) < 4.78 is 6.14. The average molecular weight is 405 g/mol. The number of allylic oxidation sites excluding steroid dienone is 2. The third-order valence-corrected chi connectivity index (χ3v) is 5.80. The second-order valence-electron chi connectivity index (χ2n) is 8.72. The maximum atomic E-state index is 6.14. The van der Waals surface area contributed by atoms with E-state index in [1.807, 2.05) is 38.2 Å². The first-order chi connectivity index (χ1) is 14.0. The van der Waals surface area contributed by atoms with Crippen LogP contribution in [0.1, 0.15) is 44.4 Å². The summed E-state index contributed by atoms with van der Waals surface area (Å²) in [5.41, 5.74) is 7.21. The van der Waals surface area contributed by atoms with E-state index in [1.165, 1.54) is 5.56 Å². The van der Waals surface area contributed by atoms with Crippen molar-refractivity contribution in [3.8, 4) is 5.75 Å². The van der Waals surface area contributed by atoms with Crippen molar-refractivity contribution < 1.29 is 4.74 Å². The number of rotatable bonds is 10. The van der Waals surface area contributed by atoms with Gasteiger partial charge in [0, 0.05) is 41.0 Å². The minimum Gasteiger partial charge on any atom is -0.493 e. The van der Waals surface area contributed by atoms with Crippen molar-refractivity contribution in [3.05, 3.63) is 84.6 Å². The normalized spacial score (nSPS) is 12.1. The molecule has 2 rings (SSSR count). The van der Waals surface area contributed by atoms with Crippen molar-refractivity contribution in [3.63, 3.8) is 0 Å². The van der Waals surface area contributed by atoms with Crippen molar-refractivity contribution in [1.29, 1.82) is 0 Å². The summed E-state index contributed by atoms with van der Waals surface area (Å²) in [6.07, 6.45) is 0. The zero-order valence-electron chi connectivity index (χ0n) is 19.4. The molecule has 0 aromatic heterocycles. The molecule has 2 aromatic carbocycles. The molecule has 3 heteroatoms. The molecule has 160 valence electrons. The van der Waals surface area contributed by atoms with Crippen LogP contribution in [0.3, 0.4) is 0 Å². The van der Waals surface area contributed by atoms with Gasteiger partial charge < -0.3 is 15.4 Å². The zero-order chi connectivity index (χ0) is 22.5. The van der Waals surface area contributed by atoms with Crippen LogP contribution < -0.4 is 15.4 Å². The lowest BCUT2D eigenvalue weighted by Gasteiger charge is -2.33. The molecule has 1 atom stereocenters. The molecular weight excluding hydrogens is 368 g/mol. The Hall–Kier alpha value is -2.94. The Morgan fingerprint density at radius 3 is 2.43 bits per heavy atom. The first-order valence-electron chi connectivity index (χ1n) is 10.4. The Bertz CT molecular complexity index is 940. The lowest BCUT2D eigenvalue weighted by Crippen LogP contribution is -2.33. The van der Waals surface area contributed by atoms with Gasteiger partial charge in [-0.2, -0.15) is 0 Å². The highest BCUT2D eigenvalue weighted by Crippen LogP contribution is 2.32. The highest BCUT2D eigenvalue weighted by Gasteiger charge is 2.28. The fraction of sp³-hybridized carbons (Fsp3) is 0.333. The Balaban J connectivity index is 2.10. The summed E-state index contributed by atoms with van der Waals surface area (Å²) in [6, 6.07) is 14.3. The fourth-order valence-corrected chi connectivity index (χ4v) is 3.26. The summed E-state index contributed by atoms with van der Waals surface area (Å²) in [6.45, 7) is 23.7. The summed E-state index contributed by atoms with van der Waals surface area (Å²) >= 11 is 0. The van der Waals surface area contributed by atoms with Crippen LogP contribution >= 0.6 is 0 Å². The molecule has 0 radical (unpaired) electrons. The second-order valence-corrected chi connectivity index (χ2v) is 8.72. The first kappa shape index (κ1) is 23.3. The van der Waals surface area contributed by atoms with E-state index >= 15 is 0 Å². The van der Waals surface area contributed by atoms with Crippen LogP contribution in [0, 0.1) is 18.3 Å². The third kappa shape index (κ3) is 5.79. The molecule has 0 saturated carbocycles. The van der Waals surface area contributed by atoms with Gasteiger partial charge in [0.1, 0.15) is 5.75 Å². The van der Waals surface area contributed by atoms with Crippen LogP contribution in [-0.4, -0.2) is 13.7 Å². The van der Waals surface area contributed by atoms with Gasteiger partial charge in [0.05, 0.1) is 6.61 Å². The monoisotopic (exact) mass is 404 g/mol. The van der Waals surface area contributed by atoms with Crippen molar-refractivity contribution in [2.24, 2.45) is 11.3 Å². The molecule has 1 unspecified atom stereocenters. The summed E-state index contributed by atoms with van der Waals surface area (Å²) in [5, 5.41) is 6.57. The molecule has 3 nitrogen and oxygen atoms in total. The van der Waals surface area contributed by atoms with Gasteiger partial charge >= 0.3 is 0 Å². The molecule has 0 aliphatic carbocycles. The molecule has 0 heterocycles. The molecule has 2 aromatic rings. The molecule has 0 spiro atoms. The number of hydrogen-bond acceptors (Lipinski definition) is 3. The highest BCUT2D eigenvalue weighted by molar-refractivity contribution is 5.78. The Morgan fingerprint density at radius 2 is 1.80 bits per heavy atom. The maximum Gasteiger partial charge on any atom is 0.119 e. The molecule has 0 aliphatic heterocycles. The van der Waals surface area contributed by atoms with Crippen molar-refractivity contribution in [2.45, 2.75) is 34.6 Å². The lowest BCUT2D eigenvalue weighted by molar-refractivity contribution is 0.135. The zero-order valence-corrected chi connectivity index (χ0v) is 19.4. The number of nitrogens with one attached hydrogen (secondary N) is 2. The van der Waals surface area contributed by atoms with E-state index < -0.39 is 0 Å².